The lowest BCUT2D eigenvalue weighted by molar-refractivity contribution is -0.182. The Morgan fingerprint density at radius 3 is 1.92 bits per heavy atom. The highest BCUT2D eigenvalue weighted by atomic mass is 19.4. The monoisotopic (exact) mass is 197 g/mol. The number of amides is 1. The van der Waals surface area contributed by atoms with Crippen molar-refractivity contribution in [2.45, 2.75) is 26.1 Å². The highest BCUT2D eigenvalue weighted by Crippen LogP contribution is 2.23. The van der Waals surface area contributed by atoms with Crippen molar-refractivity contribution in [2.75, 3.05) is 7.05 Å². The number of rotatable bonds is 2. The quantitative estimate of drug-likeness (QED) is 0.619. The van der Waals surface area contributed by atoms with Gasteiger partial charge in [0.05, 0.1) is 0 Å². The second-order valence-corrected chi connectivity index (χ2v) is 2.69. The van der Waals surface area contributed by atoms with Gasteiger partial charge in [-0.15, -0.1) is 0 Å². The molecule has 0 saturated heterocycles. The molecule has 0 unspecified atom stereocenters. The second kappa shape index (κ2) is 3.76. The zero-order chi connectivity index (χ0) is 10.8. The van der Waals surface area contributed by atoms with Crippen LogP contribution in [0, 0.1) is 0 Å². The Hall–Kier alpha value is -1.07. The zero-order valence-corrected chi connectivity index (χ0v) is 7.47. The van der Waals surface area contributed by atoms with Crippen molar-refractivity contribution < 1.29 is 22.8 Å². The second-order valence-electron chi connectivity index (χ2n) is 2.69. The highest BCUT2D eigenvalue weighted by molar-refractivity contribution is 6.35. The van der Waals surface area contributed by atoms with E-state index in [1.54, 1.807) is 0 Å². The maximum atomic E-state index is 12.0. The molecule has 0 bridgehead atoms. The molecule has 0 aromatic rings. The Morgan fingerprint density at radius 1 is 1.31 bits per heavy atom. The number of ketones is 1. The molecule has 0 heterocycles. The lowest BCUT2D eigenvalue weighted by Gasteiger charge is -2.25. The summed E-state index contributed by atoms with van der Waals surface area (Å²) in [6.07, 6.45) is -4.50. The van der Waals surface area contributed by atoms with Gasteiger partial charge < -0.3 is 4.90 Å². The third-order valence-corrected chi connectivity index (χ3v) is 1.68. The van der Waals surface area contributed by atoms with Crippen LogP contribution in [0.15, 0.2) is 0 Å². The van der Waals surface area contributed by atoms with Gasteiger partial charge in [-0.25, -0.2) is 0 Å². The maximum Gasteiger partial charge on any atom is 0.408 e. The molecule has 0 radical (unpaired) electrons. The van der Waals surface area contributed by atoms with Gasteiger partial charge in [0.1, 0.15) is 6.04 Å². The first kappa shape index (κ1) is 11.9. The van der Waals surface area contributed by atoms with E-state index in [4.69, 9.17) is 0 Å². The van der Waals surface area contributed by atoms with E-state index in [0.717, 1.165) is 20.9 Å². The number of Topliss-reactive ketones (excluding diaryl/α,β-unsaturated/α-hetero) is 1. The van der Waals surface area contributed by atoms with Gasteiger partial charge in [0.25, 0.3) is 5.91 Å². The summed E-state index contributed by atoms with van der Waals surface area (Å²) in [5.41, 5.74) is 0. The van der Waals surface area contributed by atoms with Crippen molar-refractivity contribution >= 4 is 11.7 Å². The van der Waals surface area contributed by atoms with Gasteiger partial charge in [-0.1, -0.05) is 0 Å². The number of hydrogen-bond donors (Lipinski definition) is 0. The van der Waals surface area contributed by atoms with Crippen molar-refractivity contribution in [1.29, 1.82) is 0 Å². The minimum Gasteiger partial charge on any atom is -0.327 e. The largest absolute Gasteiger partial charge is 0.408 e. The van der Waals surface area contributed by atoms with Crippen LogP contribution in [0.4, 0.5) is 13.2 Å². The Kier molecular flexibility index (Phi) is 3.45. The molecule has 6 heteroatoms. The summed E-state index contributed by atoms with van der Waals surface area (Å²) >= 11 is 0. The van der Waals surface area contributed by atoms with E-state index in [-0.39, 0.29) is 0 Å². The Morgan fingerprint density at radius 2 is 1.69 bits per heavy atom. The number of halogens is 3. The third-order valence-electron chi connectivity index (χ3n) is 1.68. The van der Waals surface area contributed by atoms with E-state index in [1.807, 2.05) is 0 Å². The molecule has 0 saturated carbocycles. The summed E-state index contributed by atoms with van der Waals surface area (Å²) in [5, 5.41) is 0. The fourth-order valence-electron chi connectivity index (χ4n) is 0.644. The molecule has 0 rings (SSSR count). The molecule has 0 aromatic heterocycles. The van der Waals surface area contributed by atoms with Crippen LogP contribution in [-0.4, -0.2) is 35.9 Å². The summed E-state index contributed by atoms with van der Waals surface area (Å²) in [5.74, 6) is -2.04. The minimum absolute atomic E-state index is 0.377. The summed E-state index contributed by atoms with van der Waals surface area (Å²) < 4.78 is 36.1. The molecule has 0 aromatic carbocycles. The van der Waals surface area contributed by atoms with E-state index < -0.39 is 23.9 Å². The van der Waals surface area contributed by atoms with Crippen molar-refractivity contribution in [1.82, 2.24) is 4.90 Å². The molecule has 0 spiro atoms. The van der Waals surface area contributed by atoms with Crippen LogP contribution in [0.1, 0.15) is 13.8 Å². The molecule has 0 N–H and O–H groups in total. The Balaban J connectivity index is 4.52. The van der Waals surface area contributed by atoms with Crippen molar-refractivity contribution in [3.8, 4) is 0 Å². The van der Waals surface area contributed by atoms with Gasteiger partial charge in [-0.3, -0.25) is 9.59 Å². The van der Waals surface area contributed by atoms with Crippen LogP contribution < -0.4 is 0 Å². The van der Waals surface area contributed by atoms with Crippen LogP contribution in [0.2, 0.25) is 0 Å². The summed E-state index contributed by atoms with van der Waals surface area (Å²) in [4.78, 5) is 21.6. The number of alkyl halides is 3. The normalized spacial score (nSPS) is 13.7. The summed E-state index contributed by atoms with van der Waals surface area (Å²) in [6.45, 7) is 1.75. The maximum absolute atomic E-state index is 12.0. The summed E-state index contributed by atoms with van der Waals surface area (Å²) in [7, 11) is 0.946. The fourth-order valence-corrected chi connectivity index (χ4v) is 0.644. The number of carbonyl (C=O) groups excluding carboxylic acids is 2. The molecule has 1 atom stereocenters. The molecule has 0 aliphatic carbocycles. The topological polar surface area (TPSA) is 37.4 Å². The Labute approximate surface area is 73.5 Å². The van der Waals surface area contributed by atoms with Gasteiger partial charge in [-0.2, -0.15) is 13.2 Å². The van der Waals surface area contributed by atoms with Gasteiger partial charge in [0.15, 0.2) is 0 Å². The SMILES string of the molecule is CC(=O)C(=O)N(C)[C@H](C)C(F)(F)F. The zero-order valence-electron chi connectivity index (χ0n) is 7.47. The molecule has 1 amide bonds. The average molecular weight is 197 g/mol. The van der Waals surface area contributed by atoms with Gasteiger partial charge >= 0.3 is 6.18 Å². The van der Waals surface area contributed by atoms with Crippen molar-refractivity contribution in [2.24, 2.45) is 0 Å². The molecule has 0 aliphatic rings. The smallest absolute Gasteiger partial charge is 0.327 e. The van der Waals surface area contributed by atoms with Crippen LogP contribution in [0.25, 0.3) is 0 Å². The molecule has 76 valence electrons. The van der Waals surface area contributed by atoms with E-state index in [1.165, 1.54) is 0 Å². The molecule has 0 fully saturated rings. The lowest BCUT2D eigenvalue weighted by Crippen LogP contribution is -2.46. The van der Waals surface area contributed by atoms with Gasteiger partial charge in [-0.05, 0) is 6.92 Å². The molecule has 3 nitrogen and oxygen atoms in total. The van der Waals surface area contributed by atoms with Crippen LogP contribution in [0.5, 0.6) is 0 Å². The van der Waals surface area contributed by atoms with E-state index >= 15 is 0 Å². The third kappa shape index (κ3) is 3.04. The number of likely N-dealkylation sites (N-methyl/N-ethyl adjacent to an activating group) is 1. The molecule has 0 aliphatic heterocycles. The first-order valence-electron chi connectivity index (χ1n) is 3.52. The van der Waals surface area contributed by atoms with Crippen LogP contribution >= 0.6 is 0 Å². The van der Waals surface area contributed by atoms with Crippen LogP contribution in [-0.2, 0) is 9.59 Å². The van der Waals surface area contributed by atoms with Crippen LogP contribution in [0.3, 0.4) is 0 Å². The van der Waals surface area contributed by atoms with E-state index in [0.29, 0.717) is 4.90 Å². The first-order chi connectivity index (χ1) is 5.68. The number of hydrogen-bond acceptors (Lipinski definition) is 2. The van der Waals surface area contributed by atoms with Gasteiger partial charge in [0, 0.05) is 14.0 Å². The van der Waals surface area contributed by atoms with Gasteiger partial charge in [0.2, 0.25) is 5.78 Å². The summed E-state index contributed by atoms with van der Waals surface area (Å²) in [6, 6.07) is -1.94. The standard InChI is InChI=1S/C7H10F3NO2/c1-4(12)6(13)11(3)5(2)7(8,9)10/h5H,1-3H3/t5-/m1/s1. The molecule has 13 heavy (non-hydrogen) atoms. The predicted molar refractivity (Wildman–Crippen MR) is 39.0 cm³/mol. The number of carbonyl (C=O) groups is 2. The predicted octanol–water partition coefficient (Wildman–Crippen LogP) is 0.985. The van der Waals surface area contributed by atoms with Crippen molar-refractivity contribution in [3.63, 3.8) is 0 Å². The lowest BCUT2D eigenvalue weighted by atomic mass is 10.2. The van der Waals surface area contributed by atoms with E-state index in [2.05, 4.69) is 0 Å². The molecular formula is C7H10F3NO2. The fraction of sp³-hybridized carbons (Fsp3) is 0.714. The number of nitrogens with zero attached hydrogens (tertiary/aromatic N) is 1. The van der Waals surface area contributed by atoms with E-state index in [9.17, 15) is 22.8 Å². The molecular weight excluding hydrogens is 187 g/mol. The highest BCUT2D eigenvalue weighted by Gasteiger charge is 2.41. The average Bonchev–Trinajstić information content (AvgIpc) is 1.98. The van der Waals surface area contributed by atoms with Crippen molar-refractivity contribution in [3.05, 3.63) is 0 Å². The minimum atomic E-state index is -4.50. The Bertz CT molecular complexity index is 224. The first-order valence-corrected chi connectivity index (χ1v) is 3.52.